The van der Waals surface area contributed by atoms with E-state index in [4.69, 9.17) is 21.1 Å². The smallest absolute Gasteiger partial charge is 0.322 e. The lowest BCUT2D eigenvalue weighted by atomic mass is 10.0. The van der Waals surface area contributed by atoms with E-state index in [0.717, 1.165) is 27.6 Å². The first kappa shape index (κ1) is 26.1. The van der Waals surface area contributed by atoms with E-state index < -0.39 is 0 Å². The molecule has 2 amide bonds. The van der Waals surface area contributed by atoms with Crippen molar-refractivity contribution in [3.63, 3.8) is 0 Å². The quantitative estimate of drug-likeness (QED) is 0.295. The van der Waals surface area contributed by atoms with Crippen molar-refractivity contribution in [1.29, 1.82) is 0 Å². The highest BCUT2D eigenvalue weighted by Gasteiger charge is 2.18. The Morgan fingerprint density at radius 2 is 1.70 bits per heavy atom. The van der Waals surface area contributed by atoms with Gasteiger partial charge in [0.15, 0.2) is 11.5 Å². The number of nitrogens with one attached hydrogen (secondary N) is 2. The number of carbonyl (C=O) groups excluding carboxylic acids is 1. The van der Waals surface area contributed by atoms with Crippen molar-refractivity contribution >= 4 is 34.2 Å². The second-order valence-corrected chi connectivity index (χ2v) is 9.33. The number of benzene rings is 3. The van der Waals surface area contributed by atoms with Gasteiger partial charge in [0.2, 0.25) is 0 Å². The molecule has 2 N–H and O–H groups in total. The molecule has 7 nitrogen and oxygen atoms in total. The number of fused-ring (bicyclic) bond motifs is 1. The second-order valence-electron chi connectivity index (χ2n) is 8.89. The molecule has 1 heterocycles. The molecule has 0 atom stereocenters. The van der Waals surface area contributed by atoms with E-state index in [-0.39, 0.29) is 18.1 Å². The summed E-state index contributed by atoms with van der Waals surface area (Å²) in [5.41, 5.74) is 4.84. The van der Waals surface area contributed by atoms with Crippen molar-refractivity contribution < 1.29 is 14.3 Å². The second kappa shape index (κ2) is 11.4. The lowest BCUT2D eigenvalue weighted by Crippen LogP contribution is -2.37. The minimum Gasteiger partial charge on any atom is -0.493 e. The Kier molecular flexibility index (Phi) is 8.04. The first-order valence-electron chi connectivity index (χ1n) is 11.9. The molecule has 37 heavy (non-hydrogen) atoms. The number of aromatic nitrogens is 1. The highest BCUT2D eigenvalue weighted by Crippen LogP contribution is 2.28. The molecule has 0 fully saturated rings. The van der Waals surface area contributed by atoms with E-state index >= 15 is 0 Å². The fourth-order valence-corrected chi connectivity index (χ4v) is 4.31. The van der Waals surface area contributed by atoms with Gasteiger partial charge >= 0.3 is 6.03 Å². The first-order valence-corrected chi connectivity index (χ1v) is 12.3. The summed E-state index contributed by atoms with van der Waals surface area (Å²) in [6, 6.07) is 18.1. The van der Waals surface area contributed by atoms with Gasteiger partial charge in [-0.05, 0) is 84.8 Å². The molecule has 4 rings (SSSR count). The predicted octanol–water partition coefficient (Wildman–Crippen LogP) is 6.09. The average molecular weight is 520 g/mol. The number of hydrogen-bond acceptors (Lipinski definition) is 4. The molecule has 192 valence electrons. The van der Waals surface area contributed by atoms with Crippen molar-refractivity contribution in [3.05, 3.63) is 98.3 Å². The van der Waals surface area contributed by atoms with Crippen LogP contribution in [-0.4, -0.2) is 36.7 Å². The molecule has 0 aliphatic rings. The molecule has 0 unspecified atom stereocenters. The first-order chi connectivity index (χ1) is 17.8. The minimum atomic E-state index is -0.317. The third-order valence-electron chi connectivity index (χ3n) is 6.49. The lowest BCUT2D eigenvalue weighted by molar-refractivity contribution is 0.209. The summed E-state index contributed by atoms with van der Waals surface area (Å²) in [4.78, 5) is 31.0. The number of anilines is 1. The fourth-order valence-electron chi connectivity index (χ4n) is 4.18. The third kappa shape index (κ3) is 6.06. The number of methoxy groups -OCH3 is 2. The molecule has 3 aromatic carbocycles. The van der Waals surface area contributed by atoms with Gasteiger partial charge < -0.3 is 24.7 Å². The minimum absolute atomic E-state index is 0.144. The van der Waals surface area contributed by atoms with Gasteiger partial charge in [-0.2, -0.15) is 0 Å². The summed E-state index contributed by atoms with van der Waals surface area (Å²) < 4.78 is 10.7. The van der Waals surface area contributed by atoms with Gasteiger partial charge in [0, 0.05) is 22.8 Å². The number of halogens is 1. The number of aromatic amines is 1. The Labute approximate surface area is 221 Å². The molecule has 0 spiro atoms. The van der Waals surface area contributed by atoms with Crippen LogP contribution in [-0.2, 0) is 13.0 Å². The molecule has 0 aliphatic carbocycles. The normalized spacial score (nSPS) is 10.8. The number of nitrogens with zero attached hydrogens (tertiary/aromatic N) is 1. The van der Waals surface area contributed by atoms with Crippen LogP contribution in [0, 0.1) is 13.8 Å². The van der Waals surface area contributed by atoms with Gasteiger partial charge in [0.25, 0.3) is 5.56 Å². The summed E-state index contributed by atoms with van der Waals surface area (Å²) in [6.07, 6.45) is 0.554. The largest absolute Gasteiger partial charge is 0.493 e. The number of hydrogen-bond donors (Lipinski definition) is 2. The number of rotatable bonds is 8. The maximum absolute atomic E-state index is 13.3. The maximum atomic E-state index is 13.3. The van der Waals surface area contributed by atoms with Crippen LogP contribution >= 0.6 is 11.6 Å². The Morgan fingerprint density at radius 1 is 0.973 bits per heavy atom. The molecule has 0 bridgehead atoms. The van der Waals surface area contributed by atoms with E-state index in [1.807, 2.05) is 50.2 Å². The van der Waals surface area contributed by atoms with E-state index in [0.29, 0.717) is 40.7 Å². The van der Waals surface area contributed by atoms with Gasteiger partial charge in [-0.1, -0.05) is 29.8 Å². The van der Waals surface area contributed by atoms with Crippen LogP contribution in [0.2, 0.25) is 5.02 Å². The van der Waals surface area contributed by atoms with Gasteiger partial charge in [-0.3, -0.25) is 4.79 Å². The molecule has 4 aromatic rings. The van der Waals surface area contributed by atoms with E-state index in [2.05, 4.69) is 10.3 Å². The zero-order chi connectivity index (χ0) is 26.5. The van der Waals surface area contributed by atoms with E-state index in [1.165, 1.54) is 0 Å². The zero-order valence-electron chi connectivity index (χ0n) is 21.4. The molecule has 0 aliphatic heterocycles. The zero-order valence-corrected chi connectivity index (χ0v) is 22.1. The summed E-state index contributed by atoms with van der Waals surface area (Å²) in [7, 11) is 3.17. The van der Waals surface area contributed by atoms with E-state index in [1.54, 1.807) is 43.4 Å². The summed E-state index contributed by atoms with van der Waals surface area (Å²) >= 11 is 5.99. The van der Waals surface area contributed by atoms with Crippen LogP contribution in [0.3, 0.4) is 0 Å². The van der Waals surface area contributed by atoms with Crippen LogP contribution in [0.1, 0.15) is 22.3 Å². The van der Waals surface area contributed by atoms with Crippen LogP contribution in [0.5, 0.6) is 11.5 Å². The van der Waals surface area contributed by atoms with Gasteiger partial charge in [-0.25, -0.2) is 4.79 Å². The van der Waals surface area contributed by atoms with Crippen LogP contribution in [0.15, 0.2) is 65.5 Å². The number of aryl methyl sites for hydroxylation is 2. The number of carbonyl (C=O) groups is 1. The molecular formula is C29H30ClN3O4. The Hall–Kier alpha value is -3.97. The van der Waals surface area contributed by atoms with Gasteiger partial charge in [0.1, 0.15) is 0 Å². The predicted molar refractivity (Wildman–Crippen MR) is 148 cm³/mol. The maximum Gasteiger partial charge on any atom is 0.322 e. The van der Waals surface area contributed by atoms with Crippen LogP contribution in [0.4, 0.5) is 10.5 Å². The summed E-state index contributed by atoms with van der Waals surface area (Å²) in [5, 5.41) is 4.42. The van der Waals surface area contributed by atoms with Crippen molar-refractivity contribution in [2.24, 2.45) is 0 Å². The van der Waals surface area contributed by atoms with E-state index in [9.17, 15) is 9.59 Å². The molecule has 1 aromatic heterocycles. The Morgan fingerprint density at radius 3 is 2.41 bits per heavy atom. The Bertz CT molecular complexity index is 1480. The molecule has 0 radical (unpaired) electrons. The van der Waals surface area contributed by atoms with Gasteiger partial charge in [-0.15, -0.1) is 0 Å². The number of H-pyrrole nitrogens is 1. The molecular weight excluding hydrogens is 490 g/mol. The van der Waals surface area contributed by atoms with Crippen LogP contribution < -0.4 is 20.3 Å². The topological polar surface area (TPSA) is 83.7 Å². The SMILES string of the molecule is COc1ccc(CCN(Cc2cc3ccc(C)c(C)c3[nH]c2=O)C(=O)Nc2ccc(Cl)cc2)cc1OC. The van der Waals surface area contributed by atoms with Crippen molar-refractivity contribution in [2.45, 2.75) is 26.8 Å². The third-order valence-corrected chi connectivity index (χ3v) is 6.74. The number of amides is 2. The molecule has 0 saturated heterocycles. The highest BCUT2D eigenvalue weighted by molar-refractivity contribution is 6.30. The lowest BCUT2D eigenvalue weighted by Gasteiger charge is -2.23. The monoisotopic (exact) mass is 519 g/mol. The highest BCUT2D eigenvalue weighted by atomic mass is 35.5. The fraction of sp³-hybridized carbons (Fsp3) is 0.241. The van der Waals surface area contributed by atoms with Crippen molar-refractivity contribution in [2.75, 3.05) is 26.1 Å². The average Bonchev–Trinajstić information content (AvgIpc) is 2.90. The van der Waals surface area contributed by atoms with Crippen molar-refractivity contribution in [1.82, 2.24) is 9.88 Å². The standard InChI is InChI=1S/C29H30ClN3O4/c1-18-5-7-21-16-22(28(34)32-27(21)19(18)2)17-33(29(35)31-24-10-8-23(30)9-11-24)14-13-20-6-12-25(36-3)26(15-20)37-4/h5-12,15-16H,13-14,17H2,1-4H3,(H,31,35)(H,32,34). The summed E-state index contributed by atoms with van der Waals surface area (Å²) in [6.45, 7) is 4.52. The number of pyridine rings is 1. The molecule has 0 saturated carbocycles. The Balaban J connectivity index is 1.62. The molecule has 8 heteroatoms. The van der Waals surface area contributed by atoms with Crippen LogP contribution in [0.25, 0.3) is 10.9 Å². The van der Waals surface area contributed by atoms with Crippen molar-refractivity contribution in [3.8, 4) is 11.5 Å². The number of ether oxygens (including phenoxy) is 2. The van der Waals surface area contributed by atoms with Gasteiger partial charge in [0.05, 0.1) is 26.3 Å². The summed E-state index contributed by atoms with van der Waals surface area (Å²) in [5.74, 6) is 1.26. The number of urea groups is 1.